The second-order valence-corrected chi connectivity index (χ2v) is 16.8. The first-order valence-corrected chi connectivity index (χ1v) is 20.7. The highest BCUT2D eigenvalue weighted by Crippen LogP contribution is 2.26. The number of aryl methyl sites for hydroxylation is 1. The zero-order valence-corrected chi connectivity index (χ0v) is 35.6. The normalized spacial score (nSPS) is 22.6. The third-order valence-electron chi connectivity index (χ3n) is 11.4. The lowest BCUT2D eigenvalue weighted by Crippen LogP contribution is -2.65. The summed E-state index contributed by atoms with van der Waals surface area (Å²) in [6.07, 6.45) is -0.219. The predicted octanol–water partition coefficient (Wildman–Crippen LogP) is 1.85. The van der Waals surface area contributed by atoms with Crippen LogP contribution in [0.4, 0.5) is 14.9 Å². The maximum absolute atomic E-state index is 14.5. The molecule has 0 radical (unpaired) electrons. The molecule has 3 aliphatic rings. The fourth-order valence-corrected chi connectivity index (χ4v) is 8.35. The number of ketones is 1. The van der Waals surface area contributed by atoms with E-state index < -0.39 is 77.8 Å². The van der Waals surface area contributed by atoms with Crippen molar-refractivity contribution >= 4 is 58.6 Å². The molecule has 60 heavy (non-hydrogen) atoms. The molecule has 5 N–H and O–H groups in total. The summed E-state index contributed by atoms with van der Waals surface area (Å²) in [6.45, 7) is 9.42. The van der Waals surface area contributed by atoms with Gasteiger partial charge in [-0.05, 0) is 83.7 Å². The SMILES string of the molecule is CC(=O)[C@@H]1C[C@@H](C)CN1C(=O)[C@H](C)NC(=O)[C@@H]1CN(C)CCN1C(=O)[C@@H]1CCCN1C(=O)[C@@H](NC(=O)[C@H](Cc1cccc(C)c1)NC(=O)Nc1ccc(Cl)cc1F)[C@H](C)O. The number of halogens is 2. The molecule has 0 spiro atoms. The van der Waals surface area contributed by atoms with Gasteiger partial charge in [0.25, 0.3) is 0 Å². The van der Waals surface area contributed by atoms with Crippen molar-refractivity contribution in [1.82, 2.24) is 35.6 Å². The first-order chi connectivity index (χ1) is 28.3. The number of likely N-dealkylation sites (tertiary alicyclic amines) is 2. The first kappa shape index (κ1) is 45.9. The summed E-state index contributed by atoms with van der Waals surface area (Å²) in [5.74, 6) is -3.77. The summed E-state index contributed by atoms with van der Waals surface area (Å²) in [7, 11) is 1.81. The molecule has 0 aliphatic carbocycles. The summed E-state index contributed by atoms with van der Waals surface area (Å²) in [5.41, 5.74) is 1.38. The van der Waals surface area contributed by atoms with Crippen LogP contribution in [-0.2, 0) is 35.2 Å². The number of hydrogen-bond donors (Lipinski definition) is 5. The van der Waals surface area contributed by atoms with Gasteiger partial charge in [-0.1, -0.05) is 48.4 Å². The number of likely N-dealkylation sites (N-methyl/N-ethyl adjacent to an activating group) is 1. The van der Waals surface area contributed by atoms with E-state index in [2.05, 4.69) is 21.3 Å². The second kappa shape index (κ2) is 20.0. The Morgan fingerprint density at radius 3 is 2.28 bits per heavy atom. The number of rotatable bonds is 13. The Balaban J connectivity index is 1.30. The number of carbonyl (C=O) groups excluding carboxylic acids is 7. The van der Waals surface area contributed by atoms with Gasteiger partial charge in [0.05, 0.1) is 17.8 Å². The Bertz CT molecular complexity index is 1970. The number of amides is 7. The number of Topliss-reactive ketones (excluding diaryl/α,β-unsaturated/α-hetero) is 1. The van der Waals surface area contributed by atoms with Crippen LogP contribution in [0.1, 0.15) is 58.1 Å². The van der Waals surface area contributed by atoms with Gasteiger partial charge in [-0.15, -0.1) is 0 Å². The molecule has 18 heteroatoms. The molecule has 3 aliphatic heterocycles. The van der Waals surface area contributed by atoms with Gasteiger partial charge in [0.1, 0.15) is 36.0 Å². The molecule has 3 fully saturated rings. The summed E-state index contributed by atoms with van der Waals surface area (Å²) in [5, 5.41) is 21.3. The highest BCUT2D eigenvalue weighted by atomic mass is 35.5. The lowest BCUT2D eigenvalue weighted by Gasteiger charge is -2.42. The van der Waals surface area contributed by atoms with E-state index in [1.165, 1.54) is 40.7 Å². The van der Waals surface area contributed by atoms with Crippen molar-refractivity contribution in [2.75, 3.05) is 45.1 Å². The van der Waals surface area contributed by atoms with Crippen LogP contribution in [0.5, 0.6) is 0 Å². The number of nitrogens with one attached hydrogen (secondary N) is 4. The van der Waals surface area contributed by atoms with E-state index in [0.29, 0.717) is 31.5 Å². The molecule has 2 aromatic carbocycles. The Morgan fingerprint density at radius 1 is 0.883 bits per heavy atom. The number of aliphatic hydroxyl groups excluding tert-OH is 1. The number of urea groups is 1. The van der Waals surface area contributed by atoms with Crippen LogP contribution in [0.3, 0.4) is 0 Å². The fourth-order valence-electron chi connectivity index (χ4n) is 8.19. The van der Waals surface area contributed by atoms with E-state index in [1.807, 2.05) is 37.9 Å². The Hall–Kier alpha value is -5.13. The van der Waals surface area contributed by atoms with Crippen LogP contribution in [-0.4, -0.2) is 148 Å². The largest absolute Gasteiger partial charge is 0.391 e. The van der Waals surface area contributed by atoms with Crippen molar-refractivity contribution in [2.45, 2.75) is 103 Å². The molecule has 0 aromatic heterocycles. The molecule has 2 aromatic rings. The summed E-state index contributed by atoms with van der Waals surface area (Å²) >= 11 is 5.85. The summed E-state index contributed by atoms with van der Waals surface area (Å²) < 4.78 is 14.5. The number of benzene rings is 2. The van der Waals surface area contributed by atoms with Gasteiger partial charge in [0.2, 0.25) is 29.5 Å². The molecular weight excluding hydrogens is 799 g/mol. The van der Waals surface area contributed by atoms with Crippen LogP contribution >= 0.6 is 11.6 Å². The first-order valence-electron chi connectivity index (χ1n) is 20.3. The van der Waals surface area contributed by atoms with Gasteiger partial charge in [-0.3, -0.25) is 28.8 Å². The standard InChI is InChI=1S/C42H56ClFN8O8/c1-23-9-7-10-28(17-23)19-32(47-42(60)46-31-13-12-29(43)20-30(31)44)37(55)48-36(27(5)54)41(59)50-14-8-11-33(50)40(58)51-16-15-49(6)22-35(51)38(56)45-25(3)39(57)52-21-24(2)18-34(52)26(4)53/h7,9-10,12-13,17,20,24-25,27,32-36,54H,8,11,14-16,18-19,21-22H2,1-6H3,(H,45,56)(H,48,55)(H2,46,47,60)/t24-,25+,27+,32+,33+,34+,35+,36+/m1/s1. The van der Waals surface area contributed by atoms with E-state index >= 15 is 0 Å². The number of nitrogens with zero attached hydrogens (tertiary/aromatic N) is 4. The van der Waals surface area contributed by atoms with Gasteiger partial charge in [-0.2, -0.15) is 0 Å². The van der Waals surface area contributed by atoms with Gasteiger partial charge < -0.3 is 46.0 Å². The molecule has 0 bridgehead atoms. The highest BCUT2D eigenvalue weighted by molar-refractivity contribution is 6.30. The third-order valence-corrected chi connectivity index (χ3v) is 11.6. The zero-order chi connectivity index (χ0) is 44.0. The average Bonchev–Trinajstić information content (AvgIpc) is 3.84. The maximum atomic E-state index is 14.5. The molecule has 8 atom stereocenters. The van der Waals surface area contributed by atoms with Crippen molar-refractivity contribution in [1.29, 1.82) is 0 Å². The van der Waals surface area contributed by atoms with Gasteiger partial charge in [-0.25, -0.2) is 9.18 Å². The van der Waals surface area contributed by atoms with Crippen LogP contribution in [0, 0.1) is 18.7 Å². The molecule has 5 rings (SSSR count). The van der Waals surface area contributed by atoms with Crippen LogP contribution in [0.15, 0.2) is 42.5 Å². The molecule has 0 unspecified atom stereocenters. The fraction of sp³-hybridized carbons (Fsp3) is 0.548. The second-order valence-electron chi connectivity index (χ2n) is 16.4. The van der Waals surface area contributed by atoms with Crippen LogP contribution in [0.2, 0.25) is 5.02 Å². The summed E-state index contributed by atoms with van der Waals surface area (Å²) in [6, 6.07) is 3.59. The quantitative estimate of drug-likeness (QED) is 0.200. The molecule has 3 saturated heterocycles. The number of piperazine rings is 1. The molecule has 0 saturated carbocycles. The monoisotopic (exact) mass is 854 g/mol. The number of carbonyl (C=O) groups is 7. The smallest absolute Gasteiger partial charge is 0.319 e. The van der Waals surface area contributed by atoms with Crippen molar-refractivity contribution in [2.24, 2.45) is 5.92 Å². The number of hydrogen-bond acceptors (Lipinski definition) is 9. The van der Waals surface area contributed by atoms with Gasteiger partial charge >= 0.3 is 6.03 Å². The van der Waals surface area contributed by atoms with E-state index in [4.69, 9.17) is 11.6 Å². The topological polar surface area (TPSA) is 201 Å². The minimum Gasteiger partial charge on any atom is -0.391 e. The Morgan fingerprint density at radius 2 is 1.62 bits per heavy atom. The van der Waals surface area contributed by atoms with Gasteiger partial charge in [0, 0.05) is 44.2 Å². The van der Waals surface area contributed by atoms with Crippen LogP contribution < -0.4 is 21.3 Å². The zero-order valence-electron chi connectivity index (χ0n) is 34.9. The van der Waals surface area contributed by atoms with Crippen LogP contribution in [0.25, 0.3) is 0 Å². The highest BCUT2D eigenvalue weighted by Gasteiger charge is 2.45. The lowest BCUT2D eigenvalue weighted by atomic mass is 10.0. The van der Waals surface area contributed by atoms with E-state index in [9.17, 15) is 43.1 Å². The van der Waals surface area contributed by atoms with Crippen molar-refractivity contribution in [3.63, 3.8) is 0 Å². The number of aliphatic hydroxyl groups is 1. The van der Waals surface area contributed by atoms with Gasteiger partial charge in [0.15, 0.2) is 5.78 Å². The van der Waals surface area contributed by atoms with Crippen molar-refractivity contribution < 1.29 is 43.1 Å². The van der Waals surface area contributed by atoms with E-state index in [-0.39, 0.29) is 60.8 Å². The molecule has 3 heterocycles. The number of anilines is 1. The molecular formula is C42H56ClFN8O8. The molecule has 7 amide bonds. The predicted molar refractivity (Wildman–Crippen MR) is 221 cm³/mol. The average molecular weight is 855 g/mol. The minimum absolute atomic E-state index is 0.0267. The Labute approximate surface area is 354 Å². The van der Waals surface area contributed by atoms with Crippen molar-refractivity contribution in [3.05, 3.63) is 64.4 Å². The van der Waals surface area contributed by atoms with E-state index in [1.54, 1.807) is 19.1 Å². The third kappa shape index (κ3) is 11.2. The summed E-state index contributed by atoms with van der Waals surface area (Å²) in [4.78, 5) is 101. The molecule has 326 valence electrons. The Kier molecular flexibility index (Phi) is 15.3. The maximum Gasteiger partial charge on any atom is 0.319 e. The van der Waals surface area contributed by atoms with Crippen molar-refractivity contribution in [3.8, 4) is 0 Å². The van der Waals surface area contributed by atoms with E-state index in [0.717, 1.165) is 11.6 Å². The lowest BCUT2D eigenvalue weighted by molar-refractivity contribution is -0.152. The molecule has 16 nitrogen and oxygen atoms in total. The minimum atomic E-state index is -1.53.